The summed E-state index contributed by atoms with van der Waals surface area (Å²) in [6, 6.07) is 12.8. The zero-order chi connectivity index (χ0) is 17.2. The molecule has 3 heterocycles. The van der Waals surface area contributed by atoms with E-state index < -0.39 is 0 Å². The van der Waals surface area contributed by atoms with Crippen molar-refractivity contribution in [3.63, 3.8) is 0 Å². The summed E-state index contributed by atoms with van der Waals surface area (Å²) in [5, 5.41) is 0. The monoisotopic (exact) mass is 335 g/mol. The van der Waals surface area contributed by atoms with Crippen molar-refractivity contribution in [2.75, 3.05) is 11.4 Å². The maximum absolute atomic E-state index is 12.7. The van der Waals surface area contributed by atoms with Gasteiger partial charge in [0, 0.05) is 18.3 Å². The first-order valence-corrected chi connectivity index (χ1v) is 8.21. The van der Waals surface area contributed by atoms with E-state index in [0.29, 0.717) is 18.0 Å². The fourth-order valence-electron chi connectivity index (χ4n) is 3.13. The van der Waals surface area contributed by atoms with Gasteiger partial charge >= 0.3 is 0 Å². The molecule has 25 heavy (non-hydrogen) atoms. The van der Waals surface area contributed by atoms with Gasteiger partial charge in [-0.1, -0.05) is 18.2 Å². The average molecular weight is 335 g/mol. The topological polar surface area (TPSA) is 68.3 Å². The van der Waals surface area contributed by atoms with Crippen LogP contribution in [0.4, 0.5) is 5.69 Å². The van der Waals surface area contributed by atoms with Crippen molar-refractivity contribution in [1.82, 2.24) is 9.55 Å². The molecule has 0 radical (unpaired) electrons. The molecule has 1 aliphatic heterocycles. The Morgan fingerprint density at radius 2 is 2.08 bits per heavy atom. The summed E-state index contributed by atoms with van der Waals surface area (Å²) in [5.74, 6) is 0.419. The number of rotatable bonds is 3. The van der Waals surface area contributed by atoms with E-state index in [1.54, 1.807) is 17.0 Å². The standard InChI is InChI=1S/C19H17N3O3/c23-18-11-15(17-8-4-10-25-17)20-13-21(18)12-19(24)22-9-3-6-14-5-1-2-7-16(14)22/h1-2,4-5,7-8,10-11,13H,3,6,9,12H2. The van der Waals surface area contributed by atoms with Gasteiger partial charge in [-0.05, 0) is 36.6 Å². The van der Waals surface area contributed by atoms with Crippen LogP contribution in [-0.2, 0) is 17.8 Å². The predicted molar refractivity (Wildman–Crippen MR) is 93.3 cm³/mol. The van der Waals surface area contributed by atoms with E-state index in [1.165, 1.54) is 28.8 Å². The summed E-state index contributed by atoms with van der Waals surface area (Å²) >= 11 is 0. The molecular formula is C19H17N3O3. The van der Waals surface area contributed by atoms with Crippen molar-refractivity contribution in [2.24, 2.45) is 0 Å². The average Bonchev–Trinajstić information content (AvgIpc) is 3.17. The first-order chi connectivity index (χ1) is 12.2. The summed E-state index contributed by atoms with van der Waals surface area (Å²) in [7, 11) is 0. The third kappa shape index (κ3) is 2.98. The Bertz CT molecular complexity index is 960. The summed E-state index contributed by atoms with van der Waals surface area (Å²) < 4.78 is 6.57. The van der Waals surface area contributed by atoms with Crippen molar-refractivity contribution >= 4 is 11.6 Å². The molecule has 1 aromatic carbocycles. The summed E-state index contributed by atoms with van der Waals surface area (Å²) in [6.45, 7) is 0.640. The molecule has 3 aromatic rings. The van der Waals surface area contributed by atoms with E-state index in [2.05, 4.69) is 4.98 Å². The van der Waals surface area contributed by atoms with E-state index in [-0.39, 0.29) is 18.0 Å². The van der Waals surface area contributed by atoms with Gasteiger partial charge in [-0.3, -0.25) is 14.2 Å². The molecule has 0 aliphatic carbocycles. The Morgan fingerprint density at radius 3 is 2.88 bits per heavy atom. The molecule has 0 atom stereocenters. The Morgan fingerprint density at radius 1 is 1.20 bits per heavy atom. The van der Waals surface area contributed by atoms with Crippen LogP contribution >= 0.6 is 0 Å². The number of furan rings is 1. The lowest BCUT2D eigenvalue weighted by atomic mass is 10.0. The van der Waals surface area contributed by atoms with Crippen LogP contribution in [0.3, 0.4) is 0 Å². The highest BCUT2D eigenvalue weighted by atomic mass is 16.3. The number of para-hydroxylation sites is 1. The maximum Gasteiger partial charge on any atom is 0.254 e. The normalized spacial score (nSPS) is 13.5. The molecule has 0 fully saturated rings. The molecule has 0 spiro atoms. The number of carbonyl (C=O) groups is 1. The first kappa shape index (κ1) is 15.4. The zero-order valence-electron chi connectivity index (χ0n) is 13.6. The van der Waals surface area contributed by atoms with Gasteiger partial charge in [0.15, 0.2) is 5.76 Å². The van der Waals surface area contributed by atoms with Crippen LogP contribution in [0, 0.1) is 0 Å². The minimum absolute atomic E-state index is 0.0292. The second-order valence-corrected chi connectivity index (χ2v) is 6.00. The minimum Gasteiger partial charge on any atom is -0.463 e. The van der Waals surface area contributed by atoms with Crippen molar-refractivity contribution in [2.45, 2.75) is 19.4 Å². The molecule has 0 unspecified atom stereocenters. The van der Waals surface area contributed by atoms with Crippen LogP contribution in [0.2, 0.25) is 0 Å². The van der Waals surface area contributed by atoms with Crippen LogP contribution in [0.5, 0.6) is 0 Å². The molecule has 4 rings (SSSR count). The fraction of sp³-hybridized carbons (Fsp3) is 0.211. The van der Waals surface area contributed by atoms with E-state index in [9.17, 15) is 9.59 Å². The molecule has 0 saturated carbocycles. The number of amides is 1. The number of hydrogen-bond donors (Lipinski definition) is 0. The van der Waals surface area contributed by atoms with Gasteiger partial charge in [-0.15, -0.1) is 0 Å². The van der Waals surface area contributed by atoms with Gasteiger partial charge < -0.3 is 9.32 Å². The molecular weight excluding hydrogens is 318 g/mol. The van der Waals surface area contributed by atoms with E-state index in [1.807, 2.05) is 24.3 Å². The number of carbonyl (C=O) groups excluding carboxylic acids is 1. The van der Waals surface area contributed by atoms with Crippen LogP contribution in [0.25, 0.3) is 11.5 Å². The molecule has 1 amide bonds. The quantitative estimate of drug-likeness (QED) is 0.737. The van der Waals surface area contributed by atoms with Crippen LogP contribution in [0.15, 0.2) is 64.3 Å². The maximum atomic E-state index is 12.7. The molecule has 6 heteroatoms. The van der Waals surface area contributed by atoms with E-state index in [0.717, 1.165) is 18.5 Å². The molecule has 0 N–H and O–H groups in total. The SMILES string of the molecule is O=C(Cn1cnc(-c2ccco2)cc1=O)N1CCCc2ccccc21. The summed E-state index contributed by atoms with van der Waals surface area (Å²) in [4.78, 5) is 31.0. The van der Waals surface area contributed by atoms with Crippen molar-refractivity contribution in [3.8, 4) is 11.5 Å². The smallest absolute Gasteiger partial charge is 0.254 e. The molecule has 2 aromatic heterocycles. The second-order valence-electron chi connectivity index (χ2n) is 6.00. The lowest BCUT2D eigenvalue weighted by molar-refractivity contribution is -0.119. The summed E-state index contributed by atoms with van der Waals surface area (Å²) in [6.07, 6.45) is 4.82. The summed E-state index contributed by atoms with van der Waals surface area (Å²) in [5.41, 5.74) is 2.29. The van der Waals surface area contributed by atoms with Gasteiger partial charge in [0.1, 0.15) is 12.2 Å². The van der Waals surface area contributed by atoms with Crippen molar-refractivity contribution in [3.05, 3.63) is 71.0 Å². The van der Waals surface area contributed by atoms with Gasteiger partial charge in [-0.25, -0.2) is 4.98 Å². The highest BCUT2D eigenvalue weighted by Crippen LogP contribution is 2.26. The second kappa shape index (κ2) is 6.39. The molecule has 0 bridgehead atoms. The lowest BCUT2D eigenvalue weighted by Gasteiger charge is -2.29. The molecule has 0 saturated heterocycles. The fourth-order valence-corrected chi connectivity index (χ4v) is 3.13. The Hall–Kier alpha value is -3.15. The zero-order valence-corrected chi connectivity index (χ0v) is 13.6. The highest BCUT2D eigenvalue weighted by molar-refractivity contribution is 5.94. The van der Waals surface area contributed by atoms with Gasteiger partial charge in [0.25, 0.3) is 5.56 Å². The minimum atomic E-state index is -0.278. The number of benzene rings is 1. The largest absolute Gasteiger partial charge is 0.463 e. The van der Waals surface area contributed by atoms with Gasteiger partial charge in [0.05, 0.1) is 12.6 Å². The van der Waals surface area contributed by atoms with Crippen LogP contribution < -0.4 is 10.5 Å². The van der Waals surface area contributed by atoms with Crippen LogP contribution in [0.1, 0.15) is 12.0 Å². The van der Waals surface area contributed by atoms with Crippen molar-refractivity contribution < 1.29 is 9.21 Å². The Kier molecular flexibility index (Phi) is 3.93. The van der Waals surface area contributed by atoms with E-state index >= 15 is 0 Å². The number of hydrogen-bond acceptors (Lipinski definition) is 4. The van der Waals surface area contributed by atoms with E-state index in [4.69, 9.17) is 4.42 Å². The molecule has 6 nitrogen and oxygen atoms in total. The number of aryl methyl sites for hydroxylation is 1. The number of anilines is 1. The Balaban J connectivity index is 1.57. The number of aromatic nitrogens is 2. The van der Waals surface area contributed by atoms with Gasteiger partial charge in [-0.2, -0.15) is 0 Å². The highest BCUT2D eigenvalue weighted by Gasteiger charge is 2.22. The third-order valence-corrected chi connectivity index (χ3v) is 4.37. The predicted octanol–water partition coefficient (Wildman–Crippen LogP) is 2.48. The first-order valence-electron chi connectivity index (χ1n) is 8.21. The third-order valence-electron chi connectivity index (χ3n) is 4.37. The van der Waals surface area contributed by atoms with Crippen molar-refractivity contribution in [1.29, 1.82) is 0 Å². The lowest BCUT2D eigenvalue weighted by Crippen LogP contribution is -2.39. The van der Waals surface area contributed by atoms with Gasteiger partial charge in [0.2, 0.25) is 5.91 Å². The Labute approximate surface area is 144 Å². The molecule has 126 valence electrons. The number of nitrogens with zero attached hydrogens (tertiary/aromatic N) is 3. The van der Waals surface area contributed by atoms with Crippen LogP contribution in [-0.4, -0.2) is 22.0 Å². The number of fused-ring (bicyclic) bond motifs is 1. The molecule has 1 aliphatic rings.